The molecule has 1 atom stereocenters. The summed E-state index contributed by atoms with van der Waals surface area (Å²) in [5.41, 5.74) is 0.950. The van der Waals surface area contributed by atoms with E-state index in [9.17, 15) is 14.0 Å². The zero-order valence-electron chi connectivity index (χ0n) is 11.1. The quantitative estimate of drug-likeness (QED) is 0.879. The molecule has 0 spiro atoms. The van der Waals surface area contributed by atoms with Gasteiger partial charge in [0.2, 0.25) is 5.91 Å². The summed E-state index contributed by atoms with van der Waals surface area (Å²) in [4.78, 5) is 24.8. The van der Waals surface area contributed by atoms with E-state index in [-0.39, 0.29) is 23.4 Å². The molecule has 2 rings (SSSR count). The second-order valence-electron chi connectivity index (χ2n) is 4.92. The topological polar surface area (TPSA) is 49.4 Å². The van der Waals surface area contributed by atoms with Crippen molar-refractivity contribution >= 4 is 11.8 Å². The van der Waals surface area contributed by atoms with Crippen molar-refractivity contribution in [1.82, 2.24) is 10.2 Å². The van der Waals surface area contributed by atoms with E-state index in [0.29, 0.717) is 19.5 Å². The molecule has 0 radical (unpaired) electrons. The molecule has 1 fully saturated rings. The van der Waals surface area contributed by atoms with Crippen LogP contribution in [0.2, 0.25) is 0 Å². The summed E-state index contributed by atoms with van der Waals surface area (Å²) in [5.74, 6) is -0.923. The molecular formula is C14H17FN2O2. The van der Waals surface area contributed by atoms with Gasteiger partial charge in [-0.25, -0.2) is 4.39 Å². The van der Waals surface area contributed by atoms with Crippen LogP contribution in [0.1, 0.15) is 29.3 Å². The molecule has 1 unspecified atom stereocenters. The van der Waals surface area contributed by atoms with E-state index in [0.717, 1.165) is 5.56 Å². The molecule has 4 nitrogen and oxygen atoms in total. The van der Waals surface area contributed by atoms with Crippen LogP contribution in [-0.4, -0.2) is 35.8 Å². The Labute approximate surface area is 111 Å². The number of benzene rings is 1. The van der Waals surface area contributed by atoms with Crippen molar-refractivity contribution in [3.05, 3.63) is 35.1 Å². The number of hydrogen-bond acceptors (Lipinski definition) is 2. The molecule has 0 bridgehead atoms. The van der Waals surface area contributed by atoms with Crippen LogP contribution in [0.4, 0.5) is 4.39 Å². The van der Waals surface area contributed by atoms with E-state index in [4.69, 9.17) is 0 Å². The lowest BCUT2D eigenvalue weighted by molar-refractivity contribution is -0.119. The molecule has 1 N–H and O–H groups in total. The van der Waals surface area contributed by atoms with E-state index in [2.05, 4.69) is 5.32 Å². The Hall–Kier alpha value is -1.91. The van der Waals surface area contributed by atoms with Crippen LogP contribution in [0.5, 0.6) is 0 Å². The van der Waals surface area contributed by atoms with E-state index in [1.165, 1.54) is 13.0 Å². The summed E-state index contributed by atoms with van der Waals surface area (Å²) in [6.45, 7) is 4.24. The predicted molar refractivity (Wildman–Crippen MR) is 69.3 cm³/mol. The van der Waals surface area contributed by atoms with Crippen molar-refractivity contribution in [1.29, 1.82) is 0 Å². The molecule has 102 valence electrons. The second kappa shape index (κ2) is 5.38. The Morgan fingerprint density at radius 2 is 2.16 bits per heavy atom. The van der Waals surface area contributed by atoms with Gasteiger partial charge >= 0.3 is 0 Å². The zero-order valence-corrected chi connectivity index (χ0v) is 11.1. The maximum Gasteiger partial charge on any atom is 0.256 e. The van der Waals surface area contributed by atoms with Gasteiger partial charge in [-0.1, -0.05) is 11.6 Å². The van der Waals surface area contributed by atoms with Crippen LogP contribution in [0.15, 0.2) is 18.2 Å². The average Bonchev–Trinajstić information content (AvgIpc) is 2.79. The minimum absolute atomic E-state index is 0.0330. The maximum absolute atomic E-state index is 13.7. The zero-order chi connectivity index (χ0) is 14.0. The second-order valence-corrected chi connectivity index (χ2v) is 4.92. The fourth-order valence-electron chi connectivity index (χ4n) is 2.32. The highest BCUT2D eigenvalue weighted by Gasteiger charge is 2.28. The number of hydrogen-bond donors (Lipinski definition) is 1. The Balaban J connectivity index is 2.09. The van der Waals surface area contributed by atoms with Gasteiger partial charge in [0.15, 0.2) is 0 Å². The first-order valence-electron chi connectivity index (χ1n) is 6.30. The fraction of sp³-hybridized carbons (Fsp3) is 0.429. The molecule has 19 heavy (non-hydrogen) atoms. The van der Waals surface area contributed by atoms with Crippen molar-refractivity contribution in [3.8, 4) is 0 Å². The molecule has 1 aliphatic heterocycles. The molecule has 1 aliphatic rings. The number of carbonyl (C=O) groups is 2. The monoisotopic (exact) mass is 264 g/mol. The maximum atomic E-state index is 13.7. The SMILES string of the molecule is CC(=O)NC1CCN(C(=O)c2cc(C)ccc2F)C1. The lowest BCUT2D eigenvalue weighted by Crippen LogP contribution is -2.37. The van der Waals surface area contributed by atoms with Gasteiger partial charge in [0, 0.05) is 26.1 Å². The molecule has 0 saturated carbocycles. The Bertz CT molecular complexity index is 516. The summed E-state index contributed by atoms with van der Waals surface area (Å²) in [5, 5.41) is 2.78. The molecule has 2 amide bonds. The Morgan fingerprint density at radius 1 is 1.42 bits per heavy atom. The molecule has 5 heteroatoms. The molecule has 1 saturated heterocycles. The summed E-state index contributed by atoms with van der Waals surface area (Å²) in [6, 6.07) is 4.47. The molecule has 0 aliphatic carbocycles. The Morgan fingerprint density at radius 3 is 2.84 bits per heavy atom. The number of aryl methyl sites for hydroxylation is 1. The van der Waals surface area contributed by atoms with Crippen molar-refractivity contribution in [3.63, 3.8) is 0 Å². The van der Waals surface area contributed by atoms with E-state index in [1.807, 2.05) is 6.92 Å². The number of nitrogens with zero attached hydrogens (tertiary/aromatic N) is 1. The number of likely N-dealkylation sites (tertiary alicyclic amines) is 1. The van der Waals surface area contributed by atoms with Crippen LogP contribution in [0.25, 0.3) is 0 Å². The number of amides is 2. The molecule has 1 aromatic carbocycles. The van der Waals surface area contributed by atoms with Gasteiger partial charge in [-0.05, 0) is 25.5 Å². The number of carbonyl (C=O) groups excluding carboxylic acids is 2. The minimum atomic E-state index is -0.501. The number of halogens is 1. The van der Waals surface area contributed by atoms with Crippen molar-refractivity contribution in [2.75, 3.05) is 13.1 Å². The van der Waals surface area contributed by atoms with Crippen LogP contribution in [0.3, 0.4) is 0 Å². The summed E-state index contributed by atoms with van der Waals surface area (Å²) < 4.78 is 13.7. The molecular weight excluding hydrogens is 247 g/mol. The average molecular weight is 264 g/mol. The third-order valence-corrected chi connectivity index (χ3v) is 3.24. The first kappa shape index (κ1) is 13.5. The van der Waals surface area contributed by atoms with E-state index < -0.39 is 5.82 Å². The lowest BCUT2D eigenvalue weighted by Gasteiger charge is -2.17. The van der Waals surface area contributed by atoms with Crippen molar-refractivity contribution in [2.45, 2.75) is 26.3 Å². The highest BCUT2D eigenvalue weighted by molar-refractivity contribution is 5.95. The third kappa shape index (κ3) is 3.10. The number of nitrogens with one attached hydrogen (secondary N) is 1. The molecule has 1 aromatic rings. The first-order chi connectivity index (χ1) is 8.97. The third-order valence-electron chi connectivity index (χ3n) is 3.24. The molecule has 0 aromatic heterocycles. The fourth-order valence-corrected chi connectivity index (χ4v) is 2.32. The number of rotatable bonds is 2. The van der Waals surface area contributed by atoms with Crippen LogP contribution < -0.4 is 5.32 Å². The van der Waals surface area contributed by atoms with E-state index >= 15 is 0 Å². The smallest absolute Gasteiger partial charge is 0.256 e. The first-order valence-corrected chi connectivity index (χ1v) is 6.30. The summed E-state index contributed by atoms with van der Waals surface area (Å²) in [6.07, 6.45) is 0.707. The predicted octanol–water partition coefficient (Wildman–Crippen LogP) is 1.48. The van der Waals surface area contributed by atoms with Crippen LogP contribution in [0, 0.1) is 12.7 Å². The highest BCUT2D eigenvalue weighted by Crippen LogP contribution is 2.17. The lowest BCUT2D eigenvalue weighted by atomic mass is 10.1. The van der Waals surface area contributed by atoms with Gasteiger partial charge in [-0.3, -0.25) is 9.59 Å². The van der Waals surface area contributed by atoms with Gasteiger partial charge < -0.3 is 10.2 Å². The largest absolute Gasteiger partial charge is 0.352 e. The van der Waals surface area contributed by atoms with Gasteiger partial charge in [-0.15, -0.1) is 0 Å². The van der Waals surface area contributed by atoms with Gasteiger partial charge in [0.05, 0.1) is 5.56 Å². The highest BCUT2D eigenvalue weighted by atomic mass is 19.1. The Kier molecular flexibility index (Phi) is 3.83. The minimum Gasteiger partial charge on any atom is -0.352 e. The van der Waals surface area contributed by atoms with Crippen molar-refractivity contribution in [2.24, 2.45) is 0 Å². The van der Waals surface area contributed by atoms with Gasteiger partial charge in [0.25, 0.3) is 5.91 Å². The van der Waals surface area contributed by atoms with Gasteiger partial charge in [-0.2, -0.15) is 0 Å². The standard InChI is InChI=1S/C14H17FN2O2/c1-9-3-4-13(15)12(7-9)14(19)17-6-5-11(8-17)16-10(2)18/h3-4,7,11H,5-6,8H2,1-2H3,(H,16,18). The van der Waals surface area contributed by atoms with Crippen LogP contribution >= 0.6 is 0 Å². The summed E-state index contributed by atoms with van der Waals surface area (Å²) >= 11 is 0. The van der Waals surface area contributed by atoms with E-state index in [1.54, 1.807) is 17.0 Å². The summed E-state index contributed by atoms with van der Waals surface area (Å²) in [7, 11) is 0. The normalized spacial score (nSPS) is 18.5. The van der Waals surface area contributed by atoms with Crippen molar-refractivity contribution < 1.29 is 14.0 Å². The molecule has 1 heterocycles. The van der Waals surface area contributed by atoms with Crippen LogP contribution in [-0.2, 0) is 4.79 Å². The van der Waals surface area contributed by atoms with Gasteiger partial charge in [0.1, 0.15) is 5.82 Å².